The first kappa shape index (κ1) is 14.9. The molecule has 0 saturated heterocycles. The van der Waals surface area contributed by atoms with Crippen molar-refractivity contribution in [1.29, 1.82) is 5.26 Å². The summed E-state index contributed by atoms with van der Waals surface area (Å²) in [6, 6.07) is 10.9. The third-order valence-electron chi connectivity index (χ3n) is 2.79. The Kier molecular flexibility index (Phi) is 4.19. The lowest BCUT2D eigenvalue weighted by Gasteiger charge is -2.08. The van der Waals surface area contributed by atoms with Crippen molar-refractivity contribution in [3.05, 3.63) is 47.7 Å². The van der Waals surface area contributed by atoms with E-state index in [1.807, 2.05) is 13.8 Å². The fraction of sp³-hybridized carbons (Fsp3) is 0.214. The van der Waals surface area contributed by atoms with E-state index >= 15 is 0 Å². The van der Waals surface area contributed by atoms with Gasteiger partial charge in [0.2, 0.25) is 0 Å². The highest BCUT2D eigenvalue weighted by molar-refractivity contribution is 7.87. The number of nitrogens with zero attached hydrogens (tertiary/aromatic N) is 3. The van der Waals surface area contributed by atoms with Gasteiger partial charge in [-0.15, -0.1) is 10.2 Å². The number of benzene rings is 1. The minimum Gasteiger partial charge on any atom is -0.357 e. The van der Waals surface area contributed by atoms with Gasteiger partial charge in [0.1, 0.15) is 11.0 Å². The second-order valence-corrected chi connectivity index (χ2v) is 6.18. The van der Waals surface area contributed by atoms with Crippen LogP contribution in [-0.4, -0.2) is 18.6 Å². The van der Waals surface area contributed by atoms with Gasteiger partial charge in [-0.1, -0.05) is 26.0 Å². The molecule has 0 unspecified atom stereocenters. The van der Waals surface area contributed by atoms with Crippen LogP contribution in [0.15, 0.2) is 41.3 Å². The Balaban J connectivity index is 2.23. The molecule has 1 aromatic heterocycles. The van der Waals surface area contributed by atoms with Crippen molar-refractivity contribution < 1.29 is 12.6 Å². The zero-order valence-electron chi connectivity index (χ0n) is 11.5. The first-order valence-corrected chi connectivity index (χ1v) is 7.61. The molecule has 0 amide bonds. The average molecular weight is 303 g/mol. The molecule has 21 heavy (non-hydrogen) atoms. The molecule has 6 nitrogen and oxygen atoms in total. The van der Waals surface area contributed by atoms with Gasteiger partial charge in [-0.2, -0.15) is 13.7 Å². The first-order chi connectivity index (χ1) is 9.92. The van der Waals surface area contributed by atoms with Crippen molar-refractivity contribution in [3.8, 4) is 11.9 Å². The molecule has 0 N–H and O–H groups in total. The Bertz CT molecular complexity index is 761. The molecule has 1 heterocycles. The molecular formula is C14H13N3O3S. The van der Waals surface area contributed by atoms with Crippen LogP contribution in [0.3, 0.4) is 0 Å². The second kappa shape index (κ2) is 5.89. The van der Waals surface area contributed by atoms with E-state index < -0.39 is 10.1 Å². The van der Waals surface area contributed by atoms with Gasteiger partial charge in [0.15, 0.2) is 5.69 Å². The Hall–Kier alpha value is -2.46. The molecular weight excluding hydrogens is 290 g/mol. The van der Waals surface area contributed by atoms with Crippen molar-refractivity contribution in [2.75, 3.05) is 0 Å². The largest absolute Gasteiger partial charge is 0.357 e. The smallest absolute Gasteiger partial charge is 0.340 e. The molecule has 0 spiro atoms. The predicted octanol–water partition coefficient (Wildman–Crippen LogP) is 2.24. The van der Waals surface area contributed by atoms with Crippen molar-refractivity contribution in [3.63, 3.8) is 0 Å². The van der Waals surface area contributed by atoms with E-state index in [1.165, 1.54) is 24.3 Å². The molecule has 0 aliphatic rings. The summed E-state index contributed by atoms with van der Waals surface area (Å²) in [5.41, 5.74) is 1.12. The van der Waals surface area contributed by atoms with Gasteiger partial charge in [0.05, 0.1) is 0 Å². The molecule has 0 aliphatic carbocycles. The predicted molar refractivity (Wildman–Crippen MR) is 75.1 cm³/mol. The van der Waals surface area contributed by atoms with Gasteiger partial charge < -0.3 is 4.18 Å². The summed E-state index contributed by atoms with van der Waals surface area (Å²) in [5, 5.41) is 15.6. The Labute approximate surface area is 123 Å². The maximum absolute atomic E-state index is 12.1. The van der Waals surface area contributed by atoms with Crippen LogP contribution >= 0.6 is 0 Å². The number of hydrogen-bond acceptors (Lipinski definition) is 6. The van der Waals surface area contributed by atoms with Gasteiger partial charge >= 0.3 is 10.1 Å². The SMILES string of the molecule is CC(C)c1ccc(S(=O)(=O)Oc2ccc(C#N)nn2)cc1. The van der Waals surface area contributed by atoms with Crippen LogP contribution in [0.25, 0.3) is 0 Å². The number of aromatic nitrogens is 2. The van der Waals surface area contributed by atoms with Crippen molar-refractivity contribution >= 4 is 10.1 Å². The van der Waals surface area contributed by atoms with Gasteiger partial charge in [0.25, 0.3) is 5.88 Å². The summed E-state index contributed by atoms with van der Waals surface area (Å²) < 4.78 is 29.0. The van der Waals surface area contributed by atoms with Gasteiger partial charge in [-0.3, -0.25) is 0 Å². The molecule has 1 aromatic carbocycles. The van der Waals surface area contributed by atoms with Gasteiger partial charge in [-0.25, -0.2) is 0 Å². The fourth-order valence-electron chi connectivity index (χ4n) is 1.60. The lowest BCUT2D eigenvalue weighted by atomic mass is 10.0. The van der Waals surface area contributed by atoms with Crippen LogP contribution in [0.4, 0.5) is 0 Å². The highest BCUT2D eigenvalue weighted by Crippen LogP contribution is 2.20. The third kappa shape index (κ3) is 3.55. The molecule has 0 aliphatic heterocycles. The number of nitriles is 1. The molecule has 0 bridgehead atoms. The van der Waals surface area contributed by atoms with Crippen LogP contribution in [0, 0.1) is 11.3 Å². The Morgan fingerprint density at radius 2 is 1.76 bits per heavy atom. The first-order valence-electron chi connectivity index (χ1n) is 6.20. The maximum Gasteiger partial charge on any atom is 0.340 e. The lowest BCUT2D eigenvalue weighted by molar-refractivity contribution is 0.471. The highest BCUT2D eigenvalue weighted by Gasteiger charge is 2.17. The summed E-state index contributed by atoms with van der Waals surface area (Å²) in [7, 11) is -3.96. The zero-order chi connectivity index (χ0) is 15.5. The number of hydrogen-bond donors (Lipinski definition) is 0. The van der Waals surface area contributed by atoms with Crippen molar-refractivity contribution in [2.24, 2.45) is 0 Å². The van der Waals surface area contributed by atoms with E-state index in [-0.39, 0.29) is 16.5 Å². The fourth-order valence-corrected chi connectivity index (χ4v) is 2.48. The summed E-state index contributed by atoms with van der Waals surface area (Å²) in [5.74, 6) is 0.133. The van der Waals surface area contributed by atoms with E-state index in [2.05, 4.69) is 10.2 Å². The molecule has 0 radical (unpaired) electrons. The molecule has 108 valence electrons. The molecule has 2 rings (SSSR count). The van der Waals surface area contributed by atoms with Gasteiger partial charge in [-0.05, 0) is 29.7 Å². The minimum absolute atomic E-state index is 0.0399. The summed E-state index contributed by atoms with van der Waals surface area (Å²) in [6.45, 7) is 4.04. The monoisotopic (exact) mass is 303 g/mol. The standard InChI is InChI=1S/C14H13N3O3S/c1-10(2)11-3-6-13(7-4-11)21(18,19)20-14-8-5-12(9-15)16-17-14/h3-8,10H,1-2H3. The second-order valence-electron chi connectivity index (χ2n) is 4.63. The van der Waals surface area contributed by atoms with Crippen LogP contribution in [0.1, 0.15) is 31.0 Å². The van der Waals surface area contributed by atoms with E-state index in [1.54, 1.807) is 18.2 Å². The van der Waals surface area contributed by atoms with E-state index in [9.17, 15) is 8.42 Å². The van der Waals surface area contributed by atoms with Crippen molar-refractivity contribution in [2.45, 2.75) is 24.7 Å². The summed E-state index contributed by atoms with van der Waals surface area (Å²) in [4.78, 5) is 0.0399. The van der Waals surface area contributed by atoms with E-state index in [0.29, 0.717) is 5.92 Å². The Morgan fingerprint density at radius 3 is 2.24 bits per heavy atom. The zero-order valence-corrected chi connectivity index (χ0v) is 12.3. The normalized spacial score (nSPS) is 11.1. The third-order valence-corrected chi connectivity index (χ3v) is 4.02. The van der Waals surface area contributed by atoms with Crippen LogP contribution in [-0.2, 0) is 10.1 Å². The molecule has 2 aromatic rings. The van der Waals surface area contributed by atoms with Crippen LogP contribution in [0.2, 0.25) is 0 Å². The number of rotatable bonds is 4. The molecule has 7 heteroatoms. The van der Waals surface area contributed by atoms with Crippen molar-refractivity contribution in [1.82, 2.24) is 10.2 Å². The Morgan fingerprint density at radius 1 is 1.10 bits per heavy atom. The van der Waals surface area contributed by atoms with Crippen LogP contribution in [0.5, 0.6) is 5.88 Å². The van der Waals surface area contributed by atoms with E-state index in [0.717, 1.165) is 5.56 Å². The minimum atomic E-state index is -3.96. The molecule has 0 atom stereocenters. The quantitative estimate of drug-likeness (QED) is 0.804. The summed E-state index contributed by atoms with van der Waals surface area (Å²) >= 11 is 0. The van der Waals surface area contributed by atoms with Crippen LogP contribution < -0.4 is 4.18 Å². The molecule has 0 saturated carbocycles. The van der Waals surface area contributed by atoms with Gasteiger partial charge in [0, 0.05) is 6.07 Å². The highest BCUT2D eigenvalue weighted by atomic mass is 32.2. The molecule has 0 fully saturated rings. The topological polar surface area (TPSA) is 92.9 Å². The average Bonchev–Trinajstić information content (AvgIpc) is 2.48. The summed E-state index contributed by atoms with van der Waals surface area (Å²) in [6.07, 6.45) is 0. The van der Waals surface area contributed by atoms with E-state index in [4.69, 9.17) is 9.44 Å². The lowest BCUT2D eigenvalue weighted by Crippen LogP contribution is -2.11. The maximum atomic E-state index is 12.1.